The highest BCUT2D eigenvalue weighted by Gasteiger charge is 2.05. The fourth-order valence-corrected chi connectivity index (χ4v) is 2.54. The van der Waals surface area contributed by atoms with Crippen molar-refractivity contribution in [1.29, 1.82) is 0 Å². The van der Waals surface area contributed by atoms with Gasteiger partial charge in [-0.3, -0.25) is 0 Å². The molecule has 0 atom stereocenters. The average molecular weight is 375 g/mol. The van der Waals surface area contributed by atoms with Crippen LogP contribution in [0.4, 0.5) is 23.0 Å². The summed E-state index contributed by atoms with van der Waals surface area (Å²) in [6.07, 6.45) is 0. The number of anilines is 4. The lowest BCUT2D eigenvalue weighted by Crippen LogP contribution is -2.01. The minimum Gasteiger partial charge on any atom is -0.497 e. The van der Waals surface area contributed by atoms with Crippen LogP contribution < -0.4 is 15.4 Å². The van der Waals surface area contributed by atoms with Gasteiger partial charge < -0.3 is 15.4 Å². The number of halogens is 2. The van der Waals surface area contributed by atoms with Gasteiger partial charge in [0.15, 0.2) is 0 Å². The standard InChI is InChI=1S/C18H16Cl2N4O/c1-11-21-17(23-12-3-6-14(25-2)7-4-12)10-18(22-11)24-13-5-8-15(19)16(20)9-13/h3-10H,1-2H3,(H2,21,22,23,24). The maximum Gasteiger partial charge on any atom is 0.136 e. The Morgan fingerprint density at radius 2 is 1.40 bits per heavy atom. The fourth-order valence-electron chi connectivity index (χ4n) is 2.24. The van der Waals surface area contributed by atoms with Gasteiger partial charge in [-0.1, -0.05) is 23.2 Å². The van der Waals surface area contributed by atoms with Crippen LogP contribution in [0.1, 0.15) is 5.82 Å². The van der Waals surface area contributed by atoms with E-state index in [0.29, 0.717) is 27.5 Å². The van der Waals surface area contributed by atoms with Crippen molar-refractivity contribution in [3.05, 3.63) is 64.4 Å². The number of aromatic nitrogens is 2. The molecule has 0 bridgehead atoms. The third-order valence-corrected chi connectivity index (χ3v) is 4.13. The van der Waals surface area contributed by atoms with Crippen LogP contribution in [0.3, 0.4) is 0 Å². The second-order valence-electron chi connectivity index (χ2n) is 5.29. The van der Waals surface area contributed by atoms with Gasteiger partial charge in [-0.2, -0.15) is 0 Å². The van der Waals surface area contributed by atoms with E-state index in [0.717, 1.165) is 17.1 Å². The Balaban J connectivity index is 1.80. The first-order valence-electron chi connectivity index (χ1n) is 7.52. The zero-order valence-electron chi connectivity index (χ0n) is 13.7. The topological polar surface area (TPSA) is 59.1 Å². The molecular formula is C18H16Cl2N4O. The summed E-state index contributed by atoms with van der Waals surface area (Å²) in [5.41, 5.74) is 1.70. The van der Waals surface area contributed by atoms with Gasteiger partial charge in [-0.25, -0.2) is 9.97 Å². The summed E-state index contributed by atoms with van der Waals surface area (Å²) in [6.45, 7) is 1.83. The Morgan fingerprint density at radius 1 is 0.800 bits per heavy atom. The maximum atomic E-state index is 6.05. The lowest BCUT2D eigenvalue weighted by molar-refractivity contribution is 0.415. The number of aryl methyl sites for hydroxylation is 1. The predicted octanol–water partition coefficient (Wildman–Crippen LogP) is 5.59. The number of methoxy groups -OCH3 is 1. The second kappa shape index (κ2) is 7.59. The van der Waals surface area contributed by atoms with Gasteiger partial charge in [0, 0.05) is 17.4 Å². The summed E-state index contributed by atoms with van der Waals surface area (Å²) >= 11 is 12.0. The molecule has 5 nitrogen and oxygen atoms in total. The molecule has 128 valence electrons. The summed E-state index contributed by atoms with van der Waals surface area (Å²) < 4.78 is 5.16. The SMILES string of the molecule is COc1ccc(Nc2cc(Nc3ccc(Cl)c(Cl)c3)nc(C)n2)cc1. The number of rotatable bonds is 5. The number of hydrogen-bond acceptors (Lipinski definition) is 5. The van der Waals surface area contributed by atoms with E-state index in [-0.39, 0.29) is 0 Å². The zero-order valence-corrected chi connectivity index (χ0v) is 15.2. The number of benzene rings is 2. The molecule has 3 aromatic rings. The highest BCUT2D eigenvalue weighted by molar-refractivity contribution is 6.42. The Bertz CT molecular complexity index is 885. The lowest BCUT2D eigenvalue weighted by Gasteiger charge is -2.11. The van der Waals surface area contributed by atoms with Gasteiger partial charge in [0.2, 0.25) is 0 Å². The van der Waals surface area contributed by atoms with Crippen molar-refractivity contribution < 1.29 is 4.74 Å². The van der Waals surface area contributed by atoms with Crippen LogP contribution in [0.2, 0.25) is 10.0 Å². The van der Waals surface area contributed by atoms with E-state index in [1.807, 2.05) is 43.3 Å². The molecule has 25 heavy (non-hydrogen) atoms. The Kier molecular flexibility index (Phi) is 5.26. The molecule has 0 fully saturated rings. The third-order valence-electron chi connectivity index (χ3n) is 3.39. The van der Waals surface area contributed by atoms with Crippen molar-refractivity contribution in [3.8, 4) is 5.75 Å². The summed E-state index contributed by atoms with van der Waals surface area (Å²) in [4.78, 5) is 8.80. The lowest BCUT2D eigenvalue weighted by atomic mass is 10.3. The molecular weight excluding hydrogens is 359 g/mol. The van der Waals surface area contributed by atoms with Crippen molar-refractivity contribution in [2.45, 2.75) is 6.92 Å². The van der Waals surface area contributed by atoms with Crippen LogP contribution in [-0.4, -0.2) is 17.1 Å². The van der Waals surface area contributed by atoms with Crippen molar-refractivity contribution in [2.24, 2.45) is 0 Å². The molecule has 0 unspecified atom stereocenters. The molecule has 0 radical (unpaired) electrons. The van der Waals surface area contributed by atoms with Crippen LogP contribution >= 0.6 is 23.2 Å². The van der Waals surface area contributed by atoms with Gasteiger partial charge in [0.05, 0.1) is 17.2 Å². The molecule has 0 aliphatic carbocycles. The number of nitrogens with one attached hydrogen (secondary N) is 2. The van der Waals surface area contributed by atoms with Crippen LogP contribution in [0, 0.1) is 6.92 Å². The first-order chi connectivity index (χ1) is 12.0. The first-order valence-corrected chi connectivity index (χ1v) is 8.28. The average Bonchev–Trinajstić information content (AvgIpc) is 2.58. The van der Waals surface area contributed by atoms with E-state index in [9.17, 15) is 0 Å². The molecule has 3 rings (SSSR count). The third kappa shape index (κ3) is 4.53. The van der Waals surface area contributed by atoms with Crippen LogP contribution in [-0.2, 0) is 0 Å². The molecule has 0 aliphatic rings. The van der Waals surface area contributed by atoms with Crippen LogP contribution in [0.5, 0.6) is 5.75 Å². The van der Waals surface area contributed by atoms with Crippen LogP contribution in [0.25, 0.3) is 0 Å². The molecule has 0 aliphatic heterocycles. The Hall–Kier alpha value is -2.50. The normalized spacial score (nSPS) is 10.4. The minimum absolute atomic E-state index is 0.481. The van der Waals surface area contributed by atoms with E-state index in [4.69, 9.17) is 27.9 Å². The maximum absolute atomic E-state index is 6.05. The van der Waals surface area contributed by atoms with Gasteiger partial charge in [0.25, 0.3) is 0 Å². The summed E-state index contributed by atoms with van der Waals surface area (Å²) in [7, 11) is 1.64. The quantitative estimate of drug-likeness (QED) is 0.609. The molecule has 2 aromatic carbocycles. The van der Waals surface area contributed by atoms with E-state index in [1.165, 1.54) is 0 Å². The molecule has 1 heterocycles. The Labute approximate surface area is 156 Å². The molecule has 0 spiro atoms. The fraction of sp³-hybridized carbons (Fsp3) is 0.111. The smallest absolute Gasteiger partial charge is 0.136 e. The predicted molar refractivity (Wildman–Crippen MR) is 103 cm³/mol. The first kappa shape index (κ1) is 17.3. The highest BCUT2D eigenvalue weighted by Crippen LogP contribution is 2.27. The van der Waals surface area contributed by atoms with Crippen LogP contribution in [0.15, 0.2) is 48.5 Å². The molecule has 7 heteroatoms. The molecule has 1 aromatic heterocycles. The van der Waals surface area contributed by atoms with Crippen molar-refractivity contribution in [2.75, 3.05) is 17.7 Å². The van der Waals surface area contributed by atoms with E-state index in [1.54, 1.807) is 19.2 Å². The molecule has 2 N–H and O–H groups in total. The van der Waals surface area contributed by atoms with Gasteiger partial charge >= 0.3 is 0 Å². The number of nitrogens with zero attached hydrogens (tertiary/aromatic N) is 2. The monoisotopic (exact) mass is 374 g/mol. The zero-order chi connectivity index (χ0) is 17.8. The molecule has 0 saturated heterocycles. The van der Waals surface area contributed by atoms with E-state index in [2.05, 4.69) is 20.6 Å². The molecule has 0 saturated carbocycles. The van der Waals surface area contributed by atoms with Crippen molar-refractivity contribution in [1.82, 2.24) is 9.97 Å². The largest absolute Gasteiger partial charge is 0.497 e. The number of hydrogen-bond donors (Lipinski definition) is 2. The number of ether oxygens (including phenoxy) is 1. The highest BCUT2D eigenvalue weighted by atomic mass is 35.5. The van der Waals surface area contributed by atoms with Gasteiger partial charge in [-0.05, 0) is 49.4 Å². The van der Waals surface area contributed by atoms with Crippen molar-refractivity contribution >= 4 is 46.2 Å². The Morgan fingerprint density at radius 3 is 2.00 bits per heavy atom. The van der Waals surface area contributed by atoms with Crippen molar-refractivity contribution in [3.63, 3.8) is 0 Å². The second-order valence-corrected chi connectivity index (χ2v) is 6.11. The van der Waals surface area contributed by atoms with Gasteiger partial charge in [0.1, 0.15) is 23.2 Å². The minimum atomic E-state index is 0.481. The van der Waals surface area contributed by atoms with E-state index < -0.39 is 0 Å². The summed E-state index contributed by atoms with van der Waals surface area (Å²) in [5.74, 6) is 2.77. The summed E-state index contributed by atoms with van der Waals surface area (Å²) in [6, 6.07) is 14.7. The van der Waals surface area contributed by atoms with E-state index >= 15 is 0 Å². The molecule has 0 amide bonds. The summed E-state index contributed by atoms with van der Waals surface area (Å²) in [5, 5.41) is 7.44. The van der Waals surface area contributed by atoms with Gasteiger partial charge in [-0.15, -0.1) is 0 Å².